The molecule has 0 spiro atoms. The second-order valence-corrected chi connectivity index (χ2v) is 7.74. The van der Waals surface area contributed by atoms with Crippen molar-refractivity contribution in [3.05, 3.63) is 90.3 Å². The van der Waals surface area contributed by atoms with Gasteiger partial charge in [0, 0.05) is 11.9 Å². The number of carbonyl (C=O) groups is 2. The summed E-state index contributed by atoms with van der Waals surface area (Å²) >= 11 is 5.68. The van der Waals surface area contributed by atoms with Gasteiger partial charge in [-0.05, 0) is 55.5 Å². The number of aryl methyl sites for hydroxylation is 1. The van der Waals surface area contributed by atoms with Gasteiger partial charge < -0.3 is 10.2 Å². The van der Waals surface area contributed by atoms with E-state index in [1.165, 1.54) is 4.90 Å². The molecule has 1 aliphatic heterocycles. The van der Waals surface area contributed by atoms with E-state index in [9.17, 15) is 9.59 Å². The monoisotopic (exact) mass is 430 g/mol. The fraction of sp³-hybridized carbons (Fsp3) is 0.167. The molecule has 0 bridgehead atoms. The van der Waals surface area contributed by atoms with Gasteiger partial charge in [0.1, 0.15) is 6.04 Å². The van der Waals surface area contributed by atoms with Crippen LogP contribution >= 0.6 is 12.2 Å². The van der Waals surface area contributed by atoms with E-state index in [0.29, 0.717) is 23.0 Å². The Labute approximate surface area is 186 Å². The molecule has 1 atom stereocenters. The predicted octanol–water partition coefficient (Wildman–Crippen LogP) is 3.92. The quantitative estimate of drug-likeness (QED) is 0.601. The number of thiocarbonyl (C=S) groups is 1. The number of carbonyl (C=O) groups excluding carboxylic acids is 2. The summed E-state index contributed by atoms with van der Waals surface area (Å²) in [6.07, 6.45) is 1.69. The molecule has 6 nitrogen and oxygen atoms in total. The molecule has 0 unspecified atom stereocenters. The highest BCUT2D eigenvalue weighted by molar-refractivity contribution is 7.80. The van der Waals surface area contributed by atoms with Crippen LogP contribution in [0, 0.1) is 6.92 Å². The van der Waals surface area contributed by atoms with Crippen LogP contribution in [-0.4, -0.2) is 32.9 Å². The molecular weight excluding hydrogens is 408 g/mol. The van der Waals surface area contributed by atoms with Gasteiger partial charge in [0.15, 0.2) is 5.11 Å². The molecule has 31 heavy (non-hydrogen) atoms. The van der Waals surface area contributed by atoms with Crippen LogP contribution in [0.15, 0.2) is 79.0 Å². The van der Waals surface area contributed by atoms with E-state index in [-0.39, 0.29) is 18.2 Å². The maximum Gasteiger partial charge on any atom is 0.256 e. The summed E-state index contributed by atoms with van der Waals surface area (Å²) < 4.78 is 0. The predicted molar refractivity (Wildman–Crippen MR) is 125 cm³/mol. The van der Waals surface area contributed by atoms with Gasteiger partial charge in [0.25, 0.3) is 5.91 Å². The van der Waals surface area contributed by atoms with Crippen LogP contribution in [-0.2, 0) is 16.1 Å². The maximum absolute atomic E-state index is 13.4. The lowest BCUT2D eigenvalue weighted by molar-refractivity contribution is -0.124. The Kier molecular flexibility index (Phi) is 6.04. The Morgan fingerprint density at radius 3 is 2.42 bits per heavy atom. The van der Waals surface area contributed by atoms with Gasteiger partial charge in [-0.2, -0.15) is 0 Å². The first kappa shape index (κ1) is 20.7. The van der Waals surface area contributed by atoms with Gasteiger partial charge in [-0.3, -0.25) is 19.5 Å². The van der Waals surface area contributed by atoms with E-state index in [2.05, 4.69) is 10.3 Å². The highest BCUT2D eigenvalue weighted by Gasteiger charge is 2.44. The normalized spacial score (nSPS) is 16.0. The summed E-state index contributed by atoms with van der Waals surface area (Å²) in [4.78, 5) is 33.8. The summed E-state index contributed by atoms with van der Waals surface area (Å²) in [5, 5.41) is 3.23. The number of anilines is 2. The third-order valence-corrected chi connectivity index (χ3v) is 5.52. The zero-order valence-electron chi connectivity index (χ0n) is 17.1. The van der Waals surface area contributed by atoms with Crippen molar-refractivity contribution >= 4 is 40.5 Å². The average molecular weight is 431 g/mol. The van der Waals surface area contributed by atoms with Crippen molar-refractivity contribution in [3.63, 3.8) is 0 Å². The van der Waals surface area contributed by atoms with Crippen molar-refractivity contribution in [2.24, 2.45) is 0 Å². The van der Waals surface area contributed by atoms with Crippen LogP contribution in [0.3, 0.4) is 0 Å². The zero-order chi connectivity index (χ0) is 21.8. The van der Waals surface area contributed by atoms with Crippen LogP contribution in [0.1, 0.15) is 17.7 Å². The molecule has 0 saturated carbocycles. The number of nitrogens with zero attached hydrogens (tertiary/aromatic N) is 3. The minimum absolute atomic E-state index is 0.0109. The first-order chi connectivity index (χ1) is 15.0. The molecule has 0 radical (unpaired) electrons. The fourth-order valence-electron chi connectivity index (χ4n) is 3.52. The van der Waals surface area contributed by atoms with Crippen LogP contribution in [0.4, 0.5) is 11.4 Å². The highest BCUT2D eigenvalue weighted by atomic mass is 32.1. The molecule has 2 amide bonds. The summed E-state index contributed by atoms with van der Waals surface area (Å²) in [6.45, 7) is 2.33. The SMILES string of the molecule is Cc1ccc(N2C(=O)[C@@H](CC(=O)Nc3ccccc3)N(Cc3ccccn3)C2=S)cc1. The number of nitrogens with one attached hydrogen (secondary N) is 1. The average Bonchev–Trinajstić information content (AvgIpc) is 3.00. The van der Waals surface area contributed by atoms with E-state index in [1.54, 1.807) is 11.1 Å². The van der Waals surface area contributed by atoms with E-state index in [4.69, 9.17) is 12.2 Å². The van der Waals surface area contributed by atoms with Crippen molar-refractivity contribution in [2.45, 2.75) is 25.9 Å². The molecule has 0 aliphatic carbocycles. The van der Waals surface area contributed by atoms with Crippen LogP contribution in [0.2, 0.25) is 0 Å². The molecule has 1 aromatic heterocycles. The lowest BCUT2D eigenvalue weighted by atomic mass is 10.1. The summed E-state index contributed by atoms with van der Waals surface area (Å²) in [7, 11) is 0. The Morgan fingerprint density at radius 1 is 1.03 bits per heavy atom. The number of amides is 2. The van der Waals surface area contributed by atoms with Gasteiger partial charge in [-0.1, -0.05) is 42.0 Å². The van der Waals surface area contributed by atoms with Crippen molar-refractivity contribution < 1.29 is 9.59 Å². The van der Waals surface area contributed by atoms with Crippen molar-refractivity contribution in [3.8, 4) is 0 Å². The Hall–Kier alpha value is -3.58. The summed E-state index contributed by atoms with van der Waals surface area (Å²) in [6, 6.07) is 21.7. The number of aromatic nitrogens is 1. The van der Waals surface area contributed by atoms with Gasteiger partial charge in [0.2, 0.25) is 5.91 Å². The van der Waals surface area contributed by atoms with Gasteiger partial charge in [-0.25, -0.2) is 0 Å². The van der Waals surface area contributed by atoms with E-state index in [1.807, 2.05) is 79.7 Å². The van der Waals surface area contributed by atoms with E-state index >= 15 is 0 Å². The first-order valence-corrected chi connectivity index (χ1v) is 10.4. The van der Waals surface area contributed by atoms with Crippen molar-refractivity contribution in [1.29, 1.82) is 0 Å². The lowest BCUT2D eigenvalue weighted by Gasteiger charge is -2.23. The Bertz CT molecular complexity index is 1090. The largest absolute Gasteiger partial charge is 0.330 e. The molecule has 1 saturated heterocycles. The summed E-state index contributed by atoms with van der Waals surface area (Å²) in [5.41, 5.74) is 3.24. The Morgan fingerprint density at radius 2 is 1.74 bits per heavy atom. The zero-order valence-corrected chi connectivity index (χ0v) is 17.9. The molecule has 7 heteroatoms. The Balaban J connectivity index is 1.60. The molecule has 2 heterocycles. The van der Waals surface area contributed by atoms with E-state index in [0.717, 1.165) is 11.3 Å². The fourth-order valence-corrected chi connectivity index (χ4v) is 3.91. The van der Waals surface area contributed by atoms with Gasteiger partial charge in [0.05, 0.1) is 24.3 Å². The number of hydrogen-bond donors (Lipinski definition) is 1. The molecule has 4 rings (SSSR count). The van der Waals surface area contributed by atoms with Crippen LogP contribution < -0.4 is 10.2 Å². The van der Waals surface area contributed by atoms with Crippen LogP contribution in [0.5, 0.6) is 0 Å². The molecule has 1 aliphatic rings. The van der Waals surface area contributed by atoms with Gasteiger partial charge >= 0.3 is 0 Å². The van der Waals surface area contributed by atoms with Crippen molar-refractivity contribution in [2.75, 3.05) is 10.2 Å². The third kappa shape index (κ3) is 4.62. The smallest absolute Gasteiger partial charge is 0.256 e. The molecule has 1 N–H and O–H groups in total. The number of para-hydroxylation sites is 1. The summed E-state index contributed by atoms with van der Waals surface area (Å²) in [5.74, 6) is -0.461. The topological polar surface area (TPSA) is 65.5 Å². The second kappa shape index (κ2) is 9.06. The minimum atomic E-state index is -0.709. The second-order valence-electron chi connectivity index (χ2n) is 7.37. The molecular formula is C24H22N4O2S. The van der Waals surface area contributed by atoms with Crippen LogP contribution in [0.25, 0.3) is 0 Å². The molecule has 2 aromatic carbocycles. The molecule has 3 aromatic rings. The minimum Gasteiger partial charge on any atom is -0.330 e. The first-order valence-electron chi connectivity index (χ1n) is 9.99. The standard InChI is InChI=1S/C24H22N4O2S/c1-17-10-12-20(13-11-17)28-23(30)21(15-22(29)26-18-7-3-2-4-8-18)27(24(28)31)16-19-9-5-6-14-25-19/h2-14,21H,15-16H2,1H3,(H,26,29)/t21-/m1/s1. The third-order valence-electron chi connectivity index (χ3n) is 5.11. The molecule has 156 valence electrons. The maximum atomic E-state index is 13.4. The number of rotatable bonds is 6. The van der Waals surface area contributed by atoms with Crippen molar-refractivity contribution in [1.82, 2.24) is 9.88 Å². The number of benzene rings is 2. The van der Waals surface area contributed by atoms with Gasteiger partial charge in [-0.15, -0.1) is 0 Å². The highest BCUT2D eigenvalue weighted by Crippen LogP contribution is 2.29. The number of pyridine rings is 1. The van der Waals surface area contributed by atoms with E-state index < -0.39 is 6.04 Å². The lowest BCUT2D eigenvalue weighted by Crippen LogP contribution is -2.37. The number of hydrogen-bond acceptors (Lipinski definition) is 4. The molecule has 1 fully saturated rings.